The molecule has 1 aliphatic heterocycles. The normalized spacial score (nSPS) is 19.1. The van der Waals surface area contributed by atoms with E-state index in [9.17, 15) is 8.42 Å². The Labute approximate surface area is 140 Å². The largest absolute Gasteiger partial charge is 0.316 e. The molecule has 2 N–H and O–H groups in total. The van der Waals surface area contributed by atoms with Gasteiger partial charge >= 0.3 is 0 Å². The highest BCUT2D eigenvalue weighted by atomic mass is 35.5. The van der Waals surface area contributed by atoms with Gasteiger partial charge in [0.05, 0.1) is 5.02 Å². The first-order valence-electron chi connectivity index (χ1n) is 6.64. The van der Waals surface area contributed by atoms with Crippen molar-refractivity contribution in [3.63, 3.8) is 0 Å². The highest BCUT2D eigenvalue weighted by molar-refractivity contribution is 7.99. The van der Waals surface area contributed by atoms with Gasteiger partial charge < -0.3 is 5.32 Å². The second-order valence-corrected chi connectivity index (χ2v) is 8.69. The third-order valence-electron chi connectivity index (χ3n) is 3.32. The lowest BCUT2D eigenvalue weighted by Crippen LogP contribution is -2.29. The minimum atomic E-state index is -3.65. The molecule has 0 radical (unpaired) electrons. The summed E-state index contributed by atoms with van der Waals surface area (Å²) in [4.78, 5) is 0.0487. The Morgan fingerprint density at radius 1 is 1.38 bits per heavy atom. The number of halogens is 2. The summed E-state index contributed by atoms with van der Waals surface area (Å²) >= 11 is 14.1. The molecule has 0 bridgehead atoms. The fourth-order valence-corrected chi connectivity index (χ4v) is 5.51. The Hall–Kier alpha value is 0.0200. The third kappa shape index (κ3) is 4.50. The Morgan fingerprint density at radius 3 is 2.76 bits per heavy atom. The van der Waals surface area contributed by atoms with Gasteiger partial charge in [-0.3, -0.25) is 0 Å². The number of thioether (sulfide) groups is 1. The molecule has 1 unspecified atom stereocenters. The summed E-state index contributed by atoms with van der Waals surface area (Å²) in [6.45, 7) is 0.903. The van der Waals surface area contributed by atoms with Crippen LogP contribution in [0, 0.1) is 5.92 Å². The molecule has 21 heavy (non-hydrogen) atoms. The van der Waals surface area contributed by atoms with Gasteiger partial charge in [-0.1, -0.05) is 23.2 Å². The lowest BCUT2D eigenvalue weighted by molar-refractivity contribution is 0.545. The van der Waals surface area contributed by atoms with Gasteiger partial charge in [0.1, 0.15) is 4.90 Å². The van der Waals surface area contributed by atoms with Crippen LogP contribution in [0.4, 0.5) is 0 Å². The number of nitrogens with one attached hydrogen (secondary N) is 2. The Balaban J connectivity index is 2.21. The summed E-state index contributed by atoms with van der Waals surface area (Å²) in [6, 6.07) is 3.07. The smallest absolute Gasteiger partial charge is 0.242 e. The van der Waals surface area contributed by atoms with Crippen molar-refractivity contribution >= 4 is 45.0 Å². The minimum Gasteiger partial charge on any atom is -0.316 e. The molecule has 1 fully saturated rings. The molecule has 1 atom stereocenters. The Kier molecular flexibility index (Phi) is 6.23. The fourth-order valence-electron chi connectivity index (χ4n) is 2.18. The number of benzene rings is 1. The highest BCUT2D eigenvalue weighted by Crippen LogP contribution is 2.30. The van der Waals surface area contributed by atoms with Crippen LogP contribution in [0.25, 0.3) is 0 Å². The topological polar surface area (TPSA) is 58.2 Å². The molecule has 0 amide bonds. The first kappa shape index (κ1) is 17.4. The van der Waals surface area contributed by atoms with Gasteiger partial charge in [0, 0.05) is 18.1 Å². The van der Waals surface area contributed by atoms with Crippen LogP contribution in [0.15, 0.2) is 17.0 Å². The van der Waals surface area contributed by atoms with E-state index >= 15 is 0 Å². The van der Waals surface area contributed by atoms with Crippen LogP contribution in [-0.2, 0) is 16.6 Å². The van der Waals surface area contributed by atoms with Crippen LogP contribution in [0.1, 0.15) is 12.0 Å². The molecule has 1 aromatic carbocycles. The summed E-state index contributed by atoms with van der Waals surface area (Å²) in [7, 11) is -1.88. The lowest BCUT2D eigenvalue weighted by Gasteiger charge is -2.14. The van der Waals surface area contributed by atoms with E-state index in [1.807, 2.05) is 11.8 Å². The number of hydrogen-bond donors (Lipinski definition) is 2. The zero-order valence-electron chi connectivity index (χ0n) is 11.7. The van der Waals surface area contributed by atoms with Gasteiger partial charge in [-0.15, -0.1) is 0 Å². The summed E-state index contributed by atoms with van der Waals surface area (Å²) in [5.74, 6) is 2.48. The first-order chi connectivity index (χ1) is 9.94. The molecule has 0 aliphatic carbocycles. The molecular formula is C13H18Cl2N2O2S2. The molecule has 1 aliphatic rings. The lowest BCUT2D eigenvalue weighted by atomic mass is 10.1. The summed E-state index contributed by atoms with van der Waals surface area (Å²) in [5.41, 5.74) is 0.670. The second-order valence-electron chi connectivity index (χ2n) is 4.99. The number of sulfonamides is 1. The second kappa shape index (κ2) is 7.53. The molecule has 0 saturated carbocycles. The molecule has 1 aromatic rings. The van der Waals surface area contributed by atoms with Gasteiger partial charge in [-0.25, -0.2) is 13.1 Å². The Bertz CT molecular complexity index is 602. The van der Waals surface area contributed by atoms with E-state index < -0.39 is 10.0 Å². The predicted octanol–water partition coefficient (Wildman–Crippen LogP) is 2.74. The van der Waals surface area contributed by atoms with Crippen molar-refractivity contribution in [2.75, 3.05) is 25.1 Å². The van der Waals surface area contributed by atoms with E-state index in [1.165, 1.54) is 6.07 Å². The molecule has 0 aromatic heterocycles. The van der Waals surface area contributed by atoms with Crippen molar-refractivity contribution < 1.29 is 8.42 Å². The first-order valence-corrected chi connectivity index (χ1v) is 10.0. The molecule has 1 heterocycles. The van der Waals surface area contributed by atoms with E-state index in [1.54, 1.807) is 13.1 Å². The monoisotopic (exact) mass is 368 g/mol. The maximum atomic E-state index is 12.4. The average Bonchev–Trinajstić information content (AvgIpc) is 2.94. The van der Waals surface area contributed by atoms with E-state index in [4.69, 9.17) is 23.2 Å². The van der Waals surface area contributed by atoms with E-state index in [0.717, 1.165) is 17.9 Å². The third-order valence-corrected chi connectivity index (χ3v) is 6.78. The maximum absolute atomic E-state index is 12.4. The van der Waals surface area contributed by atoms with Gasteiger partial charge in [-0.05, 0) is 48.6 Å². The molecule has 0 spiro atoms. The van der Waals surface area contributed by atoms with Crippen molar-refractivity contribution in [2.45, 2.75) is 17.9 Å². The predicted molar refractivity (Wildman–Crippen MR) is 89.8 cm³/mol. The minimum absolute atomic E-state index is 0.0487. The Morgan fingerprint density at radius 2 is 2.14 bits per heavy atom. The number of rotatable bonds is 6. The van der Waals surface area contributed by atoms with Gasteiger partial charge in [0.25, 0.3) is 0 Å². The molecular weight excluding hydrogens is 351 g/mol. The van der Waals surface area contributed by atoms with E-state index in [-0.39, 0.29) is 9.92 Å². The van der Waals surface area contributed by atoms with Crippen molar-refractivity contribution in [1.82, 2.24) is 10.0 Å². The van der Waals surface area contributed by atoms with Crippen LogP contribution in [-0.4, -0.2) is 33.5 Å². The van der Waals surface area contributed by atoms with Crippen molar-refractivity contribution in [2.24, 2.45) is 5.92 Å². The van der Waals surface area contributed by atoms with Crippen LogP contribution in [0.3, 0.4) is 0 Å². The maximum Gasteiger partial charge on any atom is 0.242 e. The van der Waals surface area contributed by atoms with Gasteiger partial charge in [0.15, 0.2) is 0 Å². The molecule has 1 saturated heterocycles. The van der Waals surface area contributed by atoms with Gasteiger partial charge in [0.2, 0.25) is 10.0 Å². The molecule has 118 valence electrons. The SMILES string of the molecule is CNCc1cc(Cl)cc(S(=O)(=O)NCC2CCSC2)c1Cl. The average molecular weight is 369 g/mol. The standard InChI is InChI=1S/C13H18Cl2N2O2S2/c1-16-7-10-4-11(14)5-12(13(10)15)21(18,19)17-6-9-2-3-20-8-9/h4-5,9,16-17H,2-3,6-8H2,1H3. The molecule has 2 rings (SSSR count). The summed E-state index contributed by atoms with van der Waals surface area (Å²) in [6.07, 6.45) is 1.04. The van der Waals surface area contributed by atoms with Crippen molar-refractivity contribution in [3.8, 4) is 0 Å². The van der Waals surface area contributed by atoms with Crippen LogP contribution >= 0.6 is 35.0 Å². The van der Waals surface area contributed by atoms with Gasteiger partial charge in [-0.2, -0.15) is 11.8 Å². The van der Waals surface area contributed by atoms with Crippen LogP contribution in [0.5, 0.6) is 0 Å². The van der Waals surface area contributed by atoms with Crippen molar-refractivity contribution in [3.05, 3.63) is 27.7 Å². The summed E-state index contributed by atoms with van der Waals surface area (Å²) < 4.78 is 27.5. The van der Waals surface area contributed by atoms with E-state index in [0.29, 0.717) is 29.6 Å². The summed E-state index contributed by atoms with van der Waals surface area (Å²) in [5, 5.41) is 3.53. The fraction of sp³-hybridized carbons (Fsp3) is 0.538. The quantitative estimate of drug-likeness (QED) is 0.810. The van der Waals surface area contributed by atoms with Crippen LogP contribution in [0.2, 0.25) is 10.0 Å². The molecule has 8 heteroatoms. The molecule has 4 nitrogen and oxygen atoms in total. The number of hydrogen-bond acceptors (Lipinski definition) is 4. The highest BCUT2D eigenvalue weighted by Gasteiger charge is 2.23. The zero-order chi connectivity index (χ0) is 15.5. The van der Waals surface area contributed by atoms with Crippen LogP contribution < -0.4 is 10.0 Å². The van der Waals surface area contributed by atoms with E-state index in [2.05, 4.69) is 10.0 Å². The zero-order valence-corrected chi connectivity index (χ0v) is 14.8. The van der Waals surface area contributed by atoms with Crippen molar-refractivity contribution in [1.29, 1.82) is 0 Å².